The molecule has 2 rings (SSSR count). The van der Waals surface area contributed by atoms with Crippen molar-refractivity contribution in [2.24, 2.45) is 0 Å². The summed E-state index contributed by atoms with van der Waals surface area (Å²) in [5.41, 5.74) is 2.46. The van der Waals surface area contributed by atoms with E-state index in [-0.39, 0.29) is 0 Å². The third kappa shape index (κ3) is 4.78. The lowest BCUT2D eigenvalue weighted by atomic mass is 10.1. The zero-order valence-corrected chi connectivity index (χ0v) is 12.0. The number of benzene rings is 2. The van der Waals surface area contributed by atoms with Crippen molar-refractivity contribution >= 4 is 0 Å². The minimum Gasteiger partial charge on any atom is -0.292 e. The standard InChI is InChI=1S/C18H22FN/c1-2-18(19)15-20(13-16-9-5-3-6-10-16)14-17-11-7-4-8-12-17/h3-12,18H,2,13-15H2,1H3/t18-/m0/s1. The topological polar surface area (TPSA) is 3.24 Å². The van der Waals surface area contributed by atoms with Crippen LogP contribution in [-0.2, 0) is 13.1 Å². The molecule has 0 aliphatic rings. The van der Waals surface area contributed by atoms with Gasteiger partial charge in [0.05, 0.1) is 0 Å². The van der Waals surface area contributed by atoms with Gasteiger partial charge in [-0.2, -0.15) is 0 Å². The van der Waals surface area contributed by atoms with Crippen molar-refractivity contribution in [1.29, 1.82) is 0 Å². The Labute approximate surface area is 121 Å². The van der Waals surface area contributed by atoms with Crippen molar-refractivity contribution in [2.45, 2.75) is 32.6 Å². The third-order valence-electron chi connectivity index (χ3n) is 3.40. The SMILES string of the molecule is CC[C@H](F)CN(Cc1ccccc1)Cc1ccccc1. The quantitative estimate of drug-likeness (QED) is 0.719. The molecule has 1 atom stereocenters. The Hall–Kier alpha value is -1.67. The van der Waals surface area contributed by atoms with E-state index in [1.54, 1.807) is 0 Å². The van der Waals surface area contributed by atoms with Crippen molar-refractivity contribution in [1.82, 2.24) is 4.90 Å². The maximum absolute atomic E-state index is 13.7. The van der Waals surface area contributed by atoms with E-state index in [1.807, 2.05) is 43.3 Å². The average Bonchev–Trinajstić information content (AvgIpc) is 2.49. The highest BCUT2D eigenvalue weighted by molar-refractivity contribution is 5.17. The summed E-state index contributed by atoms with van der Waals surface area (Å²) >= 11 is 0. The molecule has 0 N–H and O–H groups in total. The Kier molecular flexibility index (Phi) is 5.75. The van der Waals surface area contributed by atoms with Crippen molar-refractivity contribution in [2.75, 3.05) is 6.54 Å². The van der Waals surface area contributed by atoms with Gasteiger partial charge in [0.1, 0.15) is 6.17 Å². The highest BCUT2D eigenvalue weighted by Gasteiger charge is 2.12. The molecule has 106 valence electrons. The average molecular weight is 271 g/mol. The molecule has 0 aliphatic carbocycles. The number of halogens is 1. The van der Waals surface area contributed by atoms with Gasteiger partial charge in [0.25, 0.3) is 0 Å². The Bertz CT molecular complexity index is 442. The Balaban J connectivity index is 2.04. The first-order valence-corrected chi connectivity index (χ1v) is 7.22. The first-order chi connectivity index (χ1) is 9.78. The van der Waals surface area contributed by atoms with Crippen LogP contribution in [0, 0.1) is 0 Å². The molecule has 0 amide bonds. The van der Waals surface area contributed by atoms with Gasteiger partial charge >= 0.3 is 0 Å². The van der Waals surface area contributed by atoms with Crippen LogP contribution in [0.25, 0.3) is 0 Å². The summed E-state index contributed by atoms with van der Waals surface area (Å²) in [6.07, 6.45) is -0.192. The first kappa shape index (κ1) is 14.7. The molecule has 0 unspecified atom stereocenters. The zero-order valence-electron chi connectivity index (χ0n) is 12.0. The second-order valence-corrected chi connectivity index (χ2v) is 5.15. The van der Waals surface area contributed by atoms with Crippen LogP contribution in [0.15, 0.2) is 60.7 Å². The summed E-state index contributed by atoms with van der Waals surface area (Å²) in [7, 11) is 0. The minimum absolute atomic E-state index is 0.486. The Morgan fingerprint density at radius 2 is 1.30 bits per heavy atom. The fourth-order valence-electron chi connectivity index (χ4n) is 2.28. The molecular formula is C18H22FN. The van der Waals surface area contributed by atoms with E-state index in [0.29, 0.717) is 13.0 Å². The van der Waals surface area contributed by atoms with Gasteiger partial charge in [-0.15, -0.1) is 0 Å². The second-order valence-electron chi connectivity index (χ2n) is 5.15. The second kappa shape index (κ2) is 7.81. The summed E-state index contributed by atoms with van der Waals surface area (Å²) in [6.45, 7) is 3.96. The van der Waals surface area contributed by atoms with E-state index in [9.17, 15) is 4.39 Å². The minimum atomic E-state index is -0.762. The maximum atomic E-state index is 13.7. The van der Waals surface area contributed by atoms with Crippen molar-refractivity contribution in [3.05, 3.63) is 71.8 Å². The largest absolute Gasteiger partial charge is 0.292 e. The van der Waals surface area contributed by atoms with Gasteiger partial charge in [0.2, 0.25) is 0 Å². The Morgan fingerprint density at radius 3 is 1.70 bits per heavy atom. The highest BCUT2D eigenvalue weighted by atomic mass is 19.1. The smallest absolute Gasteiger partial charge is 0.113 e. The van der Waals surface area contributed by atoms with Gasteiger partial charge in [-0.25, -0.2) is 4.39 Å². The van der Waals surface area contributed by atoms with Gasteiger partial charge in [-0.05, 0) is 17.5 Å². The van der Waals surface area contributed by atoms with E-state index in [2.05, 4.69) is 29.2 Å². The molecule has 0 heterocycles. The van der Waals surface area contributed by atoms with Crippen LogP contribution in [-0.4, -0.2) is 17.6 Å². The van der Waals surface area contributed by atoms with Crippen LogP contribution in [0.5, 0.6) is 0 Å². The summed E-state index contributed by atoms with van der Waals surface area (Å²) < 4.78 is 13.7. The van der Waals surface area contributed by atoms with Gasteiger partial charge in [0, 0.05) is 19.6 Å². The molecule has 0 aromatic heterocycles. The first-order valence-electron chi connectivity index (χ1n) is 7.22. The molecule has 0 fully saturated rings. The van der Waals surface area contributed by atoms with Crippen LogP contribution >= 0.6 is 0 Å². The predicted molar refractivity (Wildman–Crippen MR) is 82.2 cm³/mol. The van der Waals surface area contributed by atoms with Crippen LogP contribution in [0.2, 0.25) is 0 Å². The molecule has 2 heteroatoms. The molecule has 0 aliphatic heterocycles. The summed E-state index contributed by atoms with van der Waals surface area (Å²) in [4.78, 5) is 2.18. The van der Waals surface area contributed by atoms with Crippen LogP contribution in [0.3, 0.4) is 0 Å². The molecule has 0 bridgehead atoms. The molecule has 0 spiro atoms. The summed E-state index contributed by atoms with van der Waals surface area (Å²) in [5, 5.41) is 0. The van der Waals surface area contributed by atoms with Crippen LogP contribution in [0.1, 0.15) is 24.5 Å². The third-order valence-corrected chi connectivity index (χ3v) is 3.40. The van der Waals surface area contributed by atoms with Gasteiger partial charge in [-0.1, -0.05) is 67.6 Å². The van der Waals surface area contributed by atoms with Crippen LogP contribution < -0.4 is 0 Å². The predicted octanol–water partition coefficient (Wildman–Crippen LogP) is 4.44. The summed E-state index contributed by atoms with van der Waals surface area (Å²) in [5.74, 6) is 0. The lowest BCUT2D eigenvalue weighted by Crippen LogP contribution is -2.29. The molecule has 0 radical (unpaired) electrons. The number of hydrogen-bond acceptors (Lipinski definition) is 1. The van der Waals surface area contributed by atoms with E-state index < -0.39 is 6.17 Å². The van der Waals surface area contributed by atoms with Gasteiger partial charge in [0.15, 0.2) is 0 Å². The molecule has 1 nitrogen and oxygen atoms in total. The lowest BCUT2D eigenvalue weighted by molar-refractivity contribution is 0.174. The maximum Gasteiger partial charge on any atom is 0.113 e. The monoisotopic (exact) mass is 271 g/mol. The van der Waals surface area contributed by atoms with Crippen LogP contribution in [0.4, 0.5) is 4.39 Å². The molecule has 2 aromatic rings. The van der Waals surface area contributed by atoms with E-state index in [4.69, 9.17) is 0 Å². The Morgan fingerprint density at radius 1 is 0.850 bits per heavy atom. The molecule has 0 saturated carbocycles. The fourth-order valence-corrected chi connectivity index (χ4v) is 2.28. The molecule has 0 saturated heterocycles. The van der Waals surface area contributed by atoms with E-state index in [0.717, 1.165) is 13.1 Å². The molecule has 20 heavy (non-hydrogen) atoms. The van der Waals surface area contributed by atoms with E-state index in [1.165, 1.54) is 11.1 Å². The highest BCUT2D eigenvalue weighted by Crippen LogP contribution is 2.12. The van der Waals surface area contributed by atoms with Gasteiger partial charge < -0.3 is 0 Å². The molecular weight excluding hydrogens is 249 g/mol. The number of nitrogens with zero attached hydrogens (tertiary/aromatic N) is 1. The number of alkyl halides is 1. The lowest BCUT2D eigenvalue weighted by Gasteiger charge is -2.24. The van der Waals surface area contributed by atoms with Gasteiger partial charge in [-0.3, -0.25) is 4.90 Å². The van der Waals surface area contributed by atoms with Crippen molar-refractivity contribution < 1.29 is 4.39 Å². The summed E-state index contributed by atoms with van der Waals surface area (Å²) in [6, 6.07) is 20.5. The number of hydrogen-bond donors (Lipinski definition) is 0. The zero-order chi connectivity index (χ0) is 14.2. The fraction of sp³-hybridized carbons (Fsp3) is 0.333. The van der Waals surface area contributed by atoms with E-state index >= 15 is 0 Å². The van der Waals surface area contributed by atoms with Crippen molar-refractivity contribution in [3.63, 3.8) is 0 Å². The normalized spacial score (nSPS) is 12.6. The van der Waals surface area contributed by atoms with Crippen molar-refractivity contribution in [3.8, 4) is 0 Å². The number of rotatable bonds is 7. The molecule has 2 aromatic carbocycles.